The van der Waals surface area contributed by atoms with Crippen molar-refractivity contribution in [3.8, 4) is 11.5 Å². The van der Waals surface area contributed by atoms with E-state index in [4.69, 9.17) is 4.74 Å². The third-order valence-corrected chi connectivity index (χ3v) is 7.17. The highest BCUT2D eigenvalue weighted by molar-refractivity contribution is 6.26. The Labute approximate surface area is 195 Å². The van der Waals surface area contributed by atoms with Gasteiger partial charge in [0.15, 0.2) is 0 Å². The number of nitrogens with zero attached hydrogens (tertiary/aromatic N) is 1. The fraction of sp³-hybridized carbons (Fsp3) is 0.269. The predicted octanol–water partition coefficient (Wildman–Crippen LogP) is 3.24. The van der Waals surface area contributed by atoms with E-state index in [0.29, 0.717) is 17.0 Å². The summed E-state index contributed by atoms with van der Waals surface area (Å²) in [6.07, 6.45) is 0.0827. The number of carboxylic acids is 1. The maximum atomic E-state index is 13.9. The zero-order valence-electron chi connectivity index (χ0n) is 18.7. The van der Waals surface area contributed by atoms with Gasteiger partial charge in [-0.15, -0.1) is 0 Å². The molecule has 2 aliphatic rings. The number of imide groups is 1. The molecule has 3 aromatic carbocycles. The first kappa shape index (κ1) is 21.9. The number of hydrogen-bond acceptors (Lipinski definition) is 6. The molecule has 0 aromatic heterocycles. The molecule has 34 heavy (non-hydrogen) atoms. The highest BCUT2D eigenvalue weighted by Gasteiger charge is 2.68. The van der Waals surface area contributed by atoms with Gasteiger partial charge < -0.3 is 14.9 Å². The second kappa shape index (κ2) is 7.85. The van der Waals surface area contributed by atoms with Gasteiger partial charge in [-0.3, -0.25) is 19.7 Å². The number of aliphatic carboxylic acids is 1. The number of benzene rings is 3. The number of carbonyl (C=O) groups excluding carboxylic acids is 2. The normalized spacial score (nSPS) is 26.2. The van der Waals surface area contributed by atoms with E-state index in [9.17, 15) is 24.6 Å². The zero-order valence-corrected chi connectivity index (χ0v) is 18.7. The summed E-state index contributed by atoms with van der Waals surface area (Å²) in [7, 11) is 1.46. The lowest BCUT2D eigenvalue weighted by molar-refractivity contribution is -0.149. The summed E-state index contributed by atoms with van der Waals surface area (Å²) in [5.74, 6) is -4.11. The molecule has 174 valence electrons. The molecular formula is C26H24N2O6. The highest BCUT2D eigenvalue weighted by Crippen LogP contribution is 2.52. The number of carboxylic acid groups (broad SMARTS) is 1. The summed E-state index contributed by atoms with van der Waals surface area (Å²) in [6.45, 7) is 1.67. The molecule has 0 bridgehead atoms. The van der Waals surface area contributed by atoms with E-state index in [1.54, 1.807) is 31.2 Å². The van der Waals surface area contributed by atoms with Crippen molar-refractivity contribution in [2.75, 3.05) is 12.0 Å². The second-order valence-electron chi connectivity index (χ2n) is 8.69. The number of amides is 2. The molecule has 8 heteroatoms. The Morgan fingerprint density at radius 2 is 1.82 bits per heavy atom. The summed E-state index contributed by atoms with van der Waals surface area (Å²) < 4.78 is 5.15. The third kappa shape index (κ3) is 2.92. The molecule has 8 nitrogen and oxygen atoms in total. The van der Waals surface area contributed by atoms with Crippen molar-refractivity contribution in [3.05, 3.63) is 66.2 Å². The van der Waals surface area contributed by atoms with Crippen LogP contribution in [0.5, 0.6) is 11.5 Å². The number of nitrogens with one attached hydrogen (secondary N) is 1. The topological polar surface area (TPSA) is 116 Å². The van der Waals surface area contributed by atoms with Gasteiger partial charge in [-0.2, -0.15) is 0 Å². The summed E-state index contributed by atoms with van der Waals surface area (Å²) >= 11 is 0. The Morgan fingerprint density at radius 3 is 2.50 bits per heavy atom. The van der Waals surface area contributed by atoms with Crippen molar-refractivity contribution in [1.29, 1.82) is 0 Å². The van der Waals surface area contributed by atoms with E-state index in [-0.39, 0.29) is 12.2 Å². The van der Waals surface area contributed by atoms with Crippen LogP contribution in [0.15, 0.2) is 60.7 Å². The van der Waals surface area contributed by atoms with Crippen LogP contribution in [0.3, 0.4) is 0 Å². The number of anilines is 1. The minimum atomic E-state index is -1.66. The molecule has 0 unspecified atom stereocenters. The Morgan fingerprint density at radius 1 is 1.09 bits per heavy atom. The lowest BCUT2D eigenvalue weighted by Gasteiger charge is -2.30. The van der Waals surface area contributed by atoms with Gasteiger partial charge in [0.2, 0.25) is 11.8 Å². The van der Waals surface area contributed by atoms with E-state index < -0.39 is 41.2 Å². The van der Waals surface area contributed by atoms with Crippen LogP contribution in [0.2, 0.25) is 0 Å². The molecule has 4 atom stereocenters. The highest BCUT2D eigenvalue weighted by atomic mass is 16.5. The molecule has 2 heterocycles. The Bertz CT molecular complexity index is 1330. The van der Waals surface area contributed by atoms with E-state index in [1.807, 2.05) is 30.3 Å². The van der Waals surface area contributed by atoms with E-state index in [0.717, 1.165) is 15.7 Å². The molecule has 5 rings (SSSR count). The minimum Gasteiger partial charge on any atom is -0.507 e. The number of fused-ring (bicyclic) bond motifs is 2. The maximum absolute atomic E-state index is 13.9. The number of ether oxygens (including phenoxy) is 1. The summed E-state index contributed by atoms with van der Waals surface area (Å²) in [5.41, 5.74) is -0.891. The van der Waals surface area contributed by atoms with Gasteiger partial charge in [-0.25, -0.2) is 4.90 Å². The Balaban J connectivity index is 1.68. The van der Waals surface area contributed by atoms with Gasteiger partial charge in [0.25, 0.3) is 0 Å². The molecule has 3 aromatic rings. The first-order valence-corrected chi connectivity index (χ1v) is 11.1. The molecule has 2 saturated heterocycles. The first-order valence-electron chi connectivity index (χ1n) is 11.1. The van der Waals surface area contributed by atoms with Crippen LogP contribution in [-0.2, 0) is 14.4 Å². The van der Waals surface area contributed by atoms with Gasteiger partial charge in [0.1, 0.15) is 17.0 Å². The molecule has 0 aliphatic carbocycles. The van der Waals surface area contributed by atoms with Crippen LogP contribution in [-0.4, -0.2) is 40.6 Å². The van der Waals surface area contributed by atoms with Crippen LogP contribution >= 0.6 is 0 Å². The second-order valence-corrected chi connectivity index (χ2v) is 8.69. The number of phenolic OH excluding ortho intramolecular Hbond substituents is 1. The molecule has 0 radical (unpaired) electrons. The van der Waals surface area contributed by atoms with Crippen molar-refractivity contribution in [3.63, 3.8) is 0 Å². The van der Waals surface area contributed by atoms with Gasteiger partial charge in [0.05, 0.1) is 24.6 Å². The van der Waals surface area contributed by atoms with Crippen molar-refractivity contribution < 1.29 is 29.3 Å². The standard InChI is InChI=1S/C26H24N2O6/c1-3-26(25(32)33)21-20(22(27-26)17-12-11-15(34-2)13-19(17)29)23(30)28(24(21)31)18-10-6-8-14-7-4-5-9-16(14)18/h4-13,20-22,27,29H,3H2,1-2H3,(H,32,33)/t20-,21-,22-,26+/m1/s1. The Kier molecular flexibility index (Phi) is 5.06. The predicted molar refractivity (Wildman–Crippen MR) is 125 cm³/mol. The fourth-order valence-electron chi connectivity index (χ4n) is 5.50. The van der Waals surface area contributed by atoms with Crippen molar-refractivity contribution in [2.24, 2.45) is 11.8 Å². The van der Waals surface area contributed by atoms with E-state index in [1.165, 1.54) is 13.2 Å². The van der Waals surface area contributed by atoms with Crippen LogP contribution in [0.4, 0.5) is 5.69 Å². The number of hydrogen-bond donors (Lipinski definition) is 3. The van der Waals surface area contributed by atoms with Gasteiger partial charge in [-0.1, -0.05) is 49.4 Å². The van der Waals surface area contributed by atoms with Gasteiger partial charge >= 0.3 is 5.97 Å². The lowest BCUT2D eigenvalue weighted by atomic mass is 9.78. The lowest BCUT2D eigenvalue weighted by Crippen LogP contribution is -2.55. The molecule has 2 fully saturated rings. The molecular weight excluding hydrogens is 436 g/mol. The van der Waals surface area contributed by atoms with Crippen molar-refractivity contribution >= 4 is 34.2 Å². The SMILES string of the molecule is CC[C@]1(C(=O)O)N[C@H](c2ccc(OC)cc2O)[C@@H]2C(=O)N(c3cccc4ccccc34)C(=O)[C@@H]21. The number of methoxy groups -OCH3 is 1. The molecule has 2 aliphatic heterocycles. The average molecular weight is 460 g/mol. The number of phenols is 1. The smallest absolute Gasteiger partial charge is 0.324 e. The number of carbonyl (C=O) groups is 3. The molecule has 3 N–H and O–H groups in total. The zero-order chi connectivity index (χ0) is 24.2. The van der Waals surface area contributed by atoms with Gasteiger partial charge in [0, 0.05) is 23.1 Å². The third-order valence-electron chi connectivity index (χ3n) is 7.17. The van der Waals surface area contributed by atoms with Crippen LogP contribution in [0.1, 0.15) is 24.9 Å². The Hall–Kier alpha value is -3.91. The van der Waals surface area contributed by atoms with Crippen molar-refractivity contribution in [2.45, 2.75) is 24.9 Å². The summed E-state index contributed by atoms with van der Waals surface area (Å²) in [4.78, 5) is 41.3. The van der Waals surface area contributed by atoms with Crippen LogP contribution in [0, 0.1) is 11.8 Å². The molecule has 0 saturated carbocycles. The summed E-state index contributed by atoms with van der Waals surface area (Å²) in [5, 5.41) is 25.6. The van der Waals surface area contributed by atoms with Crippen LogP contribution in [0.25, 0.3) is 10.8 Å². The largest absolute Gasteiger partial charge is 0.507 e. The first-order chi connectivity index (χ1) is 16.3. The maximum Gasteiger partial charge on any atom is 0.324 e. The monoisotopic (exact) mass is 460 g/mol. The molecule has 2 amide bonds. The molecule has 0 spiro atoms. The quantitative estimate of drug-likeness (QED) is 0.501. The fourth-order valence-corrected chi connectivity index (χ4v) is 5.50. The summed E-state index contributed by atoms with van der Waals surface area (Å²) in [6, 6.07) is 16.5. The minimum absolute atomic E-state index is 0.0827. The average Bonchev–Trinajstić information content (AvgIpc) is 3.32. The van der Waals surface area contributed by atoms with Gasteiger partial charge in [-0.05, 0) is 23.9 Å². The van der Waals surface area contributed by atoms with E-state index in [2.05, 4.69) is 5.32 Å². The number of rotatable bonds is 5. The van der Waals surface area contributed by atoms with E-state index >= 15 is 0 Å². The number of aromatic hydroxyl groups is 1. The van der Waals surface area contributed by atoms with Crippen molar-refractivity contribution in [1.82, 2.24) is 5.32 Å². The van der Waals surface area contributed by atoms with Crippen LogP contribution < -0.4 is 15.0 Å².